The molecule has 0 atom stereocenters. The minimum Gasteiger partial charge on any atom is -0.291 e. The average Bonchev–Trinajstić information content (AvgIpc) is 2.18. The highest BCUT2D eigenvalue weighted by atomic mass is 35.5. The summed E-state index contributed by atoms with van der Waals surface area (Å²) in [5.41, 5.74) is 1.27. The van der Waals surface area contributed by atoms with Crippen LogP contribution in [-0.4, -0.2) is 6.29 Å². The van der Waals surface area contributed by atoms with Crippen LogP contribution in [0.15, 0.2) is 24.3 Å². The molecule has 0 spiro atoms. The molecule has 14 heavy (non-hydrogen) atoms. The molecule has 0 aliphatic heterocycles. The molecular weight excluding hydrogens is 196 g/mol. The van der Waals surface area contributed by atoms with E-state index in [9.17, 15) is 4.79 Å². The van der Waals surface area contributed by atoms with Crippen LogP contribution < -0.4 is 0 Å². The second-order valence-electron chi connectivity index (χ2n) is 3.33. The molecule has 1 aromatic rings. The van der Waals surface area contributed by atoms with Gasteiger partial charge >= 0.3 is 0 Å². The Bertz CT molecular complexity index is 283. The molecule has 2 heteroatoms. The molecule has 1 rings (SSSR count). The fraction of sp³-hybridized carbons (Fsp3) is 0.417. The second-order valence-corrected chi connectivity index (χ2v) is 3.77. The van der Waals surface area contributed by atoms with E-state index in [0.717, 1.165) is 30.7 Å². The summed E-state index contributed by atoms with van der Waals surface area (Å²) in [7, 11) is 0. The number of benzene rings is 1. The minimum absolute atomic E-state index is 0.565. The van der Waals surface area contributed by atoms with Crippen molar-refractivity contribution in [1.29, 1.82) is 0 Å². The van der Waals surface area contributed by atoms with Gasteiger partial charge in [0.05, 0.1) is 0 Å². The van der Waals surface area contributed by atoms with Crippen molar-refractivity contribution in [2.24, 2.45) is 0 Å². The Kier molecular flexibility index (Phi) is 5.31. The van der Waals surface area contributed by atoms with Crippen molar-refractivity contribution in [2.45, 2.75) is 32.1 Å². The van der Waals surface area contributed by atoms with Crippen LogP contribution in [0.1, 0.15) is 31.2 Å². The molecule has 75 valence electrons. The predicted octanol–water partition coefficient (Wildman–Crippen LogP) is 3.55. The van der Waals surface area contributed by atoms with Gasteiger partial charge in [-0.05, 0) is 37.0 Å². The van der Waals surface area contributed by atoms with Crippen molar-refractivity contribution < 1.29 is 4.79 Å². The van der Waals surface area contributed by atoms with Gasteiger partial charge in [0.25, 0.3) is 0 Å². The van der Waals surface area contributed by atoms with Gasteiger partial charge in [-0.2, -0.15) is 0 Å². The summed E-state index contributed by atoms with van der Waals surface area (Å²) >= 11 is 5.86. The van der Waals surface area contributed by atoms with Crippen LogP contribution in [0.25, 0.3) is 0 Å². The summed E-state index contributed by atoms with van der Waals surface area (Å²) in [6.45, 7) is 0. The van der Waals surface area contributed by atoms with Gasteiger partial charge in [0.1, 0.15) is 0 Å². The van der Waals surface area contributed by atoms with E-state index in [1.54, 1.807) is 0 Å². The van der Waals surface area contributed by atoms with E-state index in [-0.39, 0.29) is 0 Å². The lowest BCUT2D eigenvalue weighted by molar-refractivity contribution is 0.545. The fourth-order valence-electron chi connectivity index (χ4n) is 1.40. The predicted molar refractivity (Wildman–Crippen MR) is 59.3 cm³/mol. The standard InChI is InChI=1S/C12H14ClO/c13-12-8-5-7-11(10-12)6-3-1-2-4-9-14/h5,7-8,10H,1-4,6H2. The zero-order valence-electron chi connectivity index (χ0n) is 8.13. The first-order chi connectivity index (χ1) is 6.83. The van der Waals surface area contributed by atoms with Crippen LogP contribution in [0.2, 0.25) is 5.02 Å². The summed E-state index contributed by atoms with van der Waals surface area (Å²) in [6, 6.07) is 7.93. The lowest BCUT2D eigenvalue weighted by Gasteiger charge is -2.00. The van der Waals surface area contributed by atoms with Gasteiger partial charge in [-0.1, -0.05) is 30.2 Å². The van der Waals surface area contributed by atoms with E-state index < -0.39 is 0 Å². The SMILES string of the molecule is O=[C]CCCCCc1cccc(Cl)c1. The maximum Gasteiger partial charge on any atom is 0.198 e. The molecule has 0 fully saturated rings. The van der Waals surface area contributed by atoms with Gasteiger partial charge in [0.15, 0.2) is 6.29 Å². The molecule has 0 saturated carbocycles. The summed E-state index contributed by atoms with van der Waals surface area (Å²) in [5, 5.41) is 0.795. The Morgan fingerprint density at radius 3 is 2.79 bits per heavy atom. The first kappa shape index (κ1) is 11.3. The van der Waals surface area contributed by atoms with E-state index in [1.165, 1.54) is 5.56 Å². The third-order valence-corrected chi connectivity index (χ3v) is 2.37. The van der Waals surface area contributed by atoms with Crippen molar-refractivity contribution >= 4 is 17.9 Å². The quantitative estimate of drug-likeness (QED) is 0.655. The number of halogens is 1. The van der Waals surface area contributed by atoms with Crippen molar-refractivity contribution in [3.8, 4) is 0 Å². The Labute approximate surface area is 90.1 Å². The van der Waals surface area contributed by atoms with Gasteiger partial charge in [-0.25, -0.2) is 0 Å². The van der Waals surface area contributed by atoms with Crippen LogP contribution >= 0.6 is 11.6 Å². The topological polar surface area (TPSA) is 17.1 Å². The normalized spacial score (nSPS) is 10.1. The lowest BCUT2D eigenvalue weighted by Crippen LogP contribution is -1.86. The number of rotatable bonds is 6. The van der Waals surface area contributed by atoms with Crippen molar-refractivity contribution in [3.05, 3.63) is 34.9 Å². The van der Waals surface area contributed by atoms with Crippen molar-refractivity contribution in [3.63, 3.8) is 0 Å². The van der Waals surface area contributed by atoms with E-state index in [0.29, 0.717) is 6.42 Å². The summed E-state index contributed by atoms with van der Waals surface area (Å²) in [5.74, 6) is 0. The maximum atomic E-state index is 9.94. The van der Waals surface area contributed by atoms with Crippen molar-refractivity contribution in [2.75, 3.05) is 0 Å². The maximum absolute atomic E-state index is 9.94. The van der Waals surface area contributed by atoms with Crippen LogP contribution in [0.5, 0.6) is 0 Å². The Balaban J connectivity index is 2.21. The fourth-order valence-corrected chi connectivity index (χ4v) is 1.61. The minimum atomic E-state index is 0.565. The van der Waals surface area contributed by atoms with Gasteiger partial charge in [0, 0.05) is 11.4 Å². The molecule has 0 N–H and O–H groups in total. The molecular formula is C12H14ClO. The third kappa shape index (κ3) is 4.43. The zero-order valence-corrected chi connectivity index (χ0v) is 8.89. The number of hydrogen-bond donors (Lipinski definition) is 0. The van der Waals surface area contributed by atoms with Gasteiger partial charge in [-0.15, -0.1) is 0 Å². The second kappa shape index (κ2) is 6.61. The highest BCUT2D eigenvalue weighted by Crippen LogP contribution is 2.13. The smallest absolute Gasteiger partial charge is 0.198 e. The number of hydrogen-bond acceptors (Lipinski definition) is 1. The van der Waals surface area contributed by atoms with E-state index >= 15 is 0 Å². The van der Waals surface area contributed by atoms with E-state index in [4.69, 9.17) is 11.6 Å². The number of aryl methyl sites for hydroxylation is 1. The van der Waals surface area contributed by atoms with Crippen LogP contribution in [0, 0.1) is 0 Å². The summed E-state index contributed by atoms with van der Waals surface area (Å²) < 4.78 is 0. The first-order valence-electron chi connectivity index (χ1n) is 4.92. The summed E-state index contributed by atoms with van der Waals surface area (Å²) in [4.78, 5) is 9.94. The lowest BCUT2D eigenvalue weighted by atomic mass is 10.1. The monoisotopic (exact) mass is 209 g/mol. The number of unbranched alkanes of at least 4 members (excludes halogenated alkanes) is 3. The first-order valence-corrected chi connectivity index (χ1v) is 5.30. The molecule has 0 aliphatic carbocycles. The zero-order chi connectivity index (χ0) is 10.2. The van der Waals surface area contributed by atoms with E-state index in [2.05, 4.69) is 6.07 Å². The highest BCUT2D eigenvalue weighted by Gasteiger charge is 1.94. The van der Waals surface area contributed by atoms with E-state index in [1.807, 2.05) is 24.5 Å². The molecule has 0 saturated heterocycles. The van der Waals surface area contributed by atoms with Gasteiger partial charge < -0.3 is 0 Å². The Morgan fingerprint density at radius 1 is 1.21 bits per heavy atom. The average molecular weight is 210 g/mol. The molecule has 0 bridgehead atoms. The molecule has 0 heterocycles. The molecule has 1 aromatic carbocycles. The van der Waals surface area contributed by atoms with Crippen LogP contribution in [-0.2, 0) is 11.2 Å². The molecule has 0 aromatic heterocycles. The Morgan fingerprint density at radius 2 is 2.07 bits per heavy atom. The summed E-state index contributed by atoms with van der Waals surface area (Å²) in [6.07, 6.45) is 6.66. The van der Waals surface area contributed by atoms with Crippen LogP contribution in [0.4, 0.5) is 0 Å². The van der Waals surface area contributed by atoms with Crippen molar-refractivity contribution in [1.82, 2.24) is 0 Å². The molecule has 0 unspecified atom stereocenters. The Hall–Kier alpha value is -0.820. The highest BCUT2D eigenvalue weighted by molar-refractivity contribution is 6.30. The van der Waals surface area contributed by atoms with Crippen LogP contribution in [0.3, 0.4) is 0 Å². The molecule has 0 amide bonds. The molecule has 1 radical (unpaired) electrons. The largest absolute Gasteiger partial charge is 0.291 e. The third-order valence-electron chi connectivity index (χ3n) is 2.13. The molecule has 0 aliphatic rings. The van der Waals surface area contributed by atoms with Gasteiger partial charge in [-0.3, -0.25) is 4.79 Å². The van der Waals surface area contributed by atoms with Gasteiger partial charge in [0.2, 0.25) is 0 Å². The molecule has 1 nitrogen and oxygen atoms in total. The number of carbonyl (C=O) groups excluding carboxylic acids is 1.